The molecule has 0 amide bonds. The molecule has 2 atom stereocenters. The van der Waals surface area contributed by atoms with Crippen LogP contribution in [-0.4, -0.2) is 38.0 Å². The molecular formula is C9H16O4. The fourth-order valence-corrected chi connectivity index (χ4v) is 1.79. The SMILES string of the molecule is CCC1(C(=O)OC)OC1(C)COC. The third-order valence-electron chi connectivity index (χ3n) is 2.64. The molecule has 1 saturated heterocycles. The first kappa shape index (κ1) is 10.5. The number of carbonyl (C=O) groups is 1. The van der Waals surface area contributed by atoms with E-state index in [0.717, 1.165) is 0 Å². The number of hydrogen-bond donors (Lipinski definition) is 0. The van der Waals surface area contributed by atoms with Gasteiger partial charge in [0.05, 0.1) is 13.7 Å². The molecule has 1 aliphatic heterocycles. The molecule has 0 bridgehead atoms. The van der Waals surface area contributed by atoms with Crippen molar-refractivity contribution in [2.45, 2.75) is 31.5 Å². The molecule has 0 aliphatic carbocycles. The summed E-state index contributed by atoms with van der Waals surface area (Å²) < 4.78 is 15.1. The average Bonchev–Trinajstić information content (AvgIpc) is 2.72. The van der Waals surface area contributed by atoms with Gasteiger partial charge in [0.15, 0.2) is 5.60 Å². The molecule has 0 saturated carbocycles. The van der Waals surface area contributed by atoms with Crippen LogP contribution in [0.3, 0.4) is 0 Å². The highest BCUT2D eigenvalue weighted by Gasteiger charge is 2.71. The van der Waals surface area contributed by atoms with Gasteiger partial charge in [-0.05, 0) is 13.3 Å². The van der Waals surface area contributed by atoms with Crippen LogP contribution >= 0.6 is 0 Å². The Bertz CT molecular complexity index is 216. The summed E-state index contributed by atoms with van der Waals surface area (Å²) in [5.74, 6) is -0.311. The fourth-order valence-electron chi connectivity index (χ4n) is 1.79. The van der Waals surface area contributed by atoms with Crippen LogP contribution in [0.2, 0.25) is 0 Å². The Balaban J connectivity index is 2.72. The topological polar surface area (TPSA) is 48.1 Å². The monoisotopic (exact) mass is 188 g/mol. The molecule has 76 valence electrons. The van der Waals surface area contributed by atoms with Crippen molar-refractivity contribution in [3.05, 3.63) is 0 Å². The van der Waals surface area contributed by atoms with Gasteiger partial charge in [-0.15, -0.1) is 0 Å². The highest BCUT2D eigenvalue weighted by molar-refractivity contribution is 5.84. The third kappa shape index (κ3) is 1.34. The van der Waals surface area contributed by atoms with Crippen molar-refractivity contribution in [1.29, 1.82) is 0 Å². The van der Waals surface area contributed by atoms with Gasteiger partial charge in [-0.25, -0.2) is 4.79 Å². The maximum atomic E-state index is 11.4. The van der Waals surface area contributed by atoms with Crippen LogP contribution in [0.1, 0.15) is 20.3 Å². The molecule has 0 N–H and O–H groups in total. The molecule has 4 nitrogen and oxygen atoms in total. The number of hydrogen-bond acceptors (Lipinski definition) is 4. The summed E-state index contributed by atoms with van der Waals surface area (Å²) in [5, 5.41) is 0. The minimum atomic E-state index is -0.780. The molecule has 1 fully saturated rings. The van der Waals surface area contributed by atoms with Crippen LogP contribution in [0.5, 0.6) is 0 Å². The summed E-state index contributed by atoms with van der Waals surface area (Å²) in [6.07, 6.45) is 0.611. The van der Waals surface area contributed by atoms with E-state index in [2.05, 4.69) is 0 Å². The number of rotatable bonds is 4. The van der Waals surface area contributed by atoms with E-state index in [9.17, 15) is 4.79 Å². The lowest BCUT2D eigenvalue weighted by molar-refractivity contribution is -0.147. The van der Waals surface area contributed by atoms with E-state index >= 15 is 0 Å². The van der Waals surface area contributed by atoms with Crippen molar-refractivity contribution in [2.24, 2.45) is 0 Å². The van der Waals surface area contributed by atoms with Gasteiger partial charge < -0.3 is 14.2 Å². The highest BCUT2D eigenvalue weighted by atomic mass is 16.7. The molecule has 0 aromatic heterocycles. The van der Waals surface area contributed by atoms with Crippen LogP contribution in [0, 0.1) is 0 Å². The standard InChI is InChI=1S/C9H16O4/c1-5-9(7(10)12-4)8(2,13-9)6-11-3/h5-6H2,1-4H3. The zero-order chi connectivity index (χ0) is 10.1. The normalized spacial score (nSPS) is 37.2. The zero-order valence-electron chi connectivity index (χ0n) is 8.55. The lowest BCUT2D eigenvalue weighted by Gasteiger charge is -2.11. The smallest absolute Gasteiger partial charge is 0.341 e. The molecule has 1 aliphatic rings. The van der Waals surface area contributed by atoms with Gasteiger partial charge in [0.25, 0.3) is 0 Å². The maximum absolute atomic E-state index is 11.4. The van der Waals surface area contributed by atoms with Crippen molar-refractivity contribution < 1.29 is 19.0 Å². The quantitative estimate of drug-likeness (QED) is 0.482. The molecule has 0 aromatic rings. The van der Waals surface area contributed by atoms with Gasteiger partial charge >= 0.3 is 5.97 Å². The molecular weight excluding hydrogens is 172 g/mol. The first-order valence-corrected chi connectivity index (χ1v) is 4.34. The summed E-state index contributed by atoms with van der Waals surface area (Å²) in [5.41, 5.74) is -1.29. The summed E-state index contributed by atoms with van der Waals surface area (Å²) in [4.78, 5) is 11.4. The summed E-state index contributed by atoms with van der Waals surface area (Å²) in [6.45, 7) is 4.17. The van der Waals surface area contributed by atoms with Gasteiger partial charge in [0.1, 0.15) is 5.60 Å². The maximum Gasteiger partial charge on any atom is 0.341 e. The Hall–Kier alpha value is -0.610. The van der Waals surface area contributed by atoms with Crippen molar-refractivity contribution in [3.8, 4) is 0 Å². The molecule has 1 rings (SSSR count). The summed E-state index contributed by atoms with van der Waals surface area (Å²) >= 11 is 0. The molecule has 1 heterocycles. The van der Waals surface area contributed by atoms with Crippen LogP contribution in [0.4, 0.5) is 0 Å². The van der Waals surface area contributed by atoms with E-state index in [1.165, 1.54) is 7.11 Å². The van der Waals surface area contributed by atoms with Crippen molar-refractivity contribution in [2.75, 3.05) is 20.8 Å². The Morgan fingerprint density at radius 2 is 2.08 bits per heavy atom. The van der Waals surface area contributed by atoms with Gasteiger partial charge in [-0.3, -0.25) is 0 Å². The molecule has 2 unspecified atom stereocenters. The average molecular weight is 188 g/mol. The van der Waals surface area contributed by atoms with Gasteiger partial charge in [0, 0.05) is 7.11 Å². The Kier molecular flexibility index (Phi) is 2.63. The molecule has 0 spiro atoms. The second-order valence-electron chi connectivity index (χ2n) is 3.44. The highest BCUT2D eigenvalue weighted by Crippen LogP contribution is 2.51. The van der Waals surface area contributed by atoms with Gasteiger partial charge in [-0.2, -0.15) is 0 Å². The predicted octanol–water partition coefficient (Wildman–Crippen LogP) is 0.744. The predicted molar refractivity (Wildman–Crippen MR) is 46.4 cm³/mol. The van der Waals surface area contributed by atoms with E-state index in [-0.39, 0.29) is 5.97 Å². The Morgan fingerprint density at radius 3 is 2.46 bits per heavy atom. The fraction of sp³-hybridized carbons (Fsp3) is 0.889. The van der Waals surface area contributed by atoms with Crippen LogP contribution in [0.25, 0.3) is 0 Å². The molecule has 4 heteroatoms. The van der Waals surface area contributed by atoms with Crippen LogP contribution in [0.15, 0.2) is 0 Å². The van der Waals surface area contributed by atoms with Crippen molar-refractivity contribution in [3.63, 3.8) is 0 Å². The van der Waals surface area contributed by atoms with Gasteiger partial charge in [-0.1, -0.05) is 6.92 Å². The van der Waals surface area contributed by atoms with E-state index in [4.69, 9.17) is 14.2 Å². The third-order valence-corrected chi connectivity index (χ3v) is 2.64. The number of methoxy groups -OCH3 is 2. The summed E-state index contributed by atoms with van der Waals surface area (Å²) in [6, 6.07) is 0. The second kappa shape index (κ2) is 3.27. The minimum absolute atomic E-state index is 0.311. The minimum Gasteiger partial charge on any atom is -0.467 e. The van der Waals surface area contributed by atoms with Crippen LogP contribution < -0.4 is 0 Å². The first-order valence-electron chi connectivity index (χ1n) is 4.34. The molecule has 0 radical (unpaired) electrons. The first-order chi connectivity index (χ1) is 6.06. The van der Waals surface area contributed by atoms with Crippen LogP contribution in [-0.2, 0) is 19.0 Å². The number of epoxide rings is 1. The number of esters is 1. The van der Waals surface area contributed by atoms with E-state index < -0.39 is 11.2 Å². The van der Waals surface area contributed by atoms with Crippen molar-refractivity contribution >= 4 is 5.97 Å². The van der Waals surface area contributed by atoms with Crippen molar-refractivity contribution in [1.82, 2.24) is 0 Å². The Labute approximate surface area is 78.2 Å². The largest absolute Gasteiger partial charge is 0.467 e. The number of ether oxygens (including phenoxy) is 3. The van der Waals surface area contributed by atoms with Gasteiger partial charge in [0.2, 0.25) is 0 Å². The molecule has 13 heavy (non-hydrogen) atoms. The Morgan fingerprint density at radius 1 is 1.46 bits per heavy atom. The zero-order valence-corrected chi connectivity index (χ0v) is 8.55. The lowest BCUT2D eigenvalue weighted by Crippen LogP contribution is -2.35. The van der Waals surface area contributed by atoms with E-state index in [1.54, 1.807) is 7.11 Å². The molecule has 0 aromatic carbocycles. The lowest BCUT2D eigenvalue weighted by atomic mass is 9.92. The van der Waals surface area contributed by atoms with E-state index in [0.29, 0.717) is 13.0 Å². The number of carbonyl (C=O) groups excluding carboxylic acids is 1. The van der Waals surface area contributed by atoms with E-state index in [1.807, 2.05) is 13.8 Å². The summed E-state index contributed by atoms with van der Waals surface area (Å²) in [7, 11) is 2.96. The second-order valence-corrected chi connectivity index (χ2v) is 3.44.